The van der Waals surface area contributed by atoms with Crippen LogP contribution < -0.4 is 4.90 Å². The van der Waals surface area contributed by atoms with Crippen molar-refractivity contribution in [2.24, 2.45) is 0 Å². The molecule has 2 heterocycles. The second-order valence-electron chi connectivity index (χ2n) is 3.94. The molecule has 1 aromatic heterocycles. The van der Waals surface area contributed by atoms with Gasteiger partial charge in [-0.05, 0) is 6.92 Å². The van der Waals surface area contributed by atoms with Crippen LogP contribution in [0.4, 0.5) is 5.82 Å². The SMILES string of the molecule is Cc1ncc(CC(=O)O)c(N2CCOCC2)n1. The molecule has 0 aliphatic carbocycles. The average molecular weight is 237 g/mol. The minimum atomic E-state index is -0.869. The molecule has 1 N–H and O–H groups in total. The number of ether oxygens (including phenoxy) is 1. The number of aromatic nitrogens is 2. The number of aliphatic carboxylic acids is 1. The van der Waals surface area contributed by atoms with E-state index in [1.54, 1.807) is 13.1 Å². The molecule has 1 aliphatic rings. The first-order chi connectivity index (χ1) is 8.16. The second-order valence-corrected chi connectivity index (χ2v) is 3.94. The van der Waals surface area contributed by atoms with Crippen molar-refractivity contribution in [1.29, 1.82) is 0 Å². The molecule has 17 heavy (non-hydrogen) atoms. The van der Waals surface area contributed by atoms with E-state index in [1.165, 1.54) is 0 Å². The van der Waals surface area contributed by atoms with E-state index >= 15 is 0 Å². The van der Waals surface area contributed by atoms with Crippen LogP contribution in [0.15, 0.2) is 6.20 Å². The van der Waals surface area contributed by atoms with Crippen molar-refractivity contribution in [2.45, 2.75) is 13.3 Å². The van der Waals surface area contributed by atoms with Crippen LogP contribution >= 0.6 is 0 Å². The normalized spacial score (nSPS) is 15.9. The van der Waals surface area contributed by atoms with Gasteiger partial charge < -0.3 is 14.7 Å². The summed E-state index contributed by atoms with van der Waals surface area (Å²) in [5.74, 6) is 0.510. The van der Waals surface area contributed by atoms with Crippen molar-refractivity contribution < 1.29 is 14.6 Å². The van der Waals surface area contributed by atoms with Crippen molar-refractivity contribution in [3.63, 3.8) is 0 Å². The van der Waals surface area contributed by atoms with Gasteiger partial charge in [-0.1, -0.05) is 0 Å². The number of aryl methyl sites for hydroxylation is 1. The highest BCUT2D eigenvalue weighted by Gasteiger charge is 2.18. The van der Waals surface area contributed by atoms with Gasteiger partial charge in [-0.3, -0.25) is 4.79 Å². The van der Waals surface area contributed by atoms with E-state index in [0.29, 0.717) is 24.6 Å². The van der Waals surface area contributed by atoms with E-state index in [-0.39, 0.29) is 6.42 Å². The van der Waals surface area contributed by atoms with Gasteiger partial charge in [0, 0.05) is 24.8 Å². The van der Waals surface area contributed by atoms with Gasteiger partial charge in [0.1, 0.15) is 11.6 Å². The average Bonchev–Trinajstić information content (AvgIpc) is 2.32. The summed E-state index contributed by atoms with van der Waals surface area (Å²) in [7, 11) is 0. The van der Waals surface area contributed by atoms with Crippen LogP contribution in [0.2, 0.25) is 0 Å². The molecule has 1 aliphatic heterocycles. The molecule has 1 fully saturated rings. The maximum atomic E-state index is 10.8. The number of hydrogen-bond acceptors (Lipinski definition) is 5. The molecular formula is C11H15N3O3. The lowest BCUT2D eigenvalue weighted by Gasteiger charge is -2.29. The summed E-state index contributed by atoms with van der Waals surface area (Å²) in [5, 5.41) is 8.86. The van der Waals surface area contributed by atoms with Crippen LogP contribution in [0.1, 0.15) is 11.4 Å². The molecule has 0 unspecified atom stereocenters. The van der Waals surface area contributed by atoms with Gasteiger partial charge in [0.15, 0.2) is 0 Å². The van der Waals surface area contributed by atoms with Crippen LogP contribution in [0.25, 0.3) is 0 Å². The van der Waals surface area contributed by atoms with E-state index < -0.39 is 5.97 Å². The summed E-state index contributed by atoms with van der Waals surface area (Å²) in [5.41, 5.74) is 0.657. The lowest BCUT2D eigenvalue weighted by Crippen LogP contribution is -2.37. The number of rotatable bonds is 3. The monoisotopic (exact) mass is 237 g/mol. The minimum absolute atomic E-state index is 0.0486. The smallest absolute Gasteiger partial charge is 0.308 e. The lowest BCUT2D eigenvalue weighted by atomic mass is 10.2. The number of carboxylic acids is 1. The Hall–Kier alpha value is -1.69. The summed E-state index contributed by atoms with van der Waals surface area (Å²) >= 11 is 0. The fraction of sp³-hybridized carbons (Fsp3) is 0.545. The molecular weight excluding hydrogens is 222 g/mol. The van der Waals surface area contributed by atoms with Crippen LogP contribution in [0, 0.1) is 6.92 Å². The fourth-order valence-corrected chi connectivity index (χ4v) is 1.82. The van der Waals surface area contributed by atoms with Crippen molar-refractivity contribution in [3.8, 4) is 0 Å². The van der Waals surface area contributed by atoms with Crippen molar-refractivity contribution >= 4 is 11.8 Å². The zero-order valence-corrected chi connectivity index (χ0v) is 9.72. The molecule has 0 radical (unpaired) electrons. The highest BCUT2D eigenvalue weighted by molar-refractivity contribution is 5.72. The molecule has 1 saturated heterocycles. The fourth-order valence-electron chi connectivity index (χ4n) is 1.82. The van der Waals surface area contributed by atoms with Crippen LogP contribution in [-0.4, -0.2) is 47.3 Å². The molecule has 0 aromatic carbocycles. The van der Waals surface area contributed by atoms with E-state index in [1.807, 2.05) is 0 Å². The second kappa shape index (κ2) is 5.09. The molecule has 6 heteroatoms. The Kier molecular flexibility index (Phi) is 3.53. The van der Waals surface area contributed by atoms with Gasteiger partial charge in [0.05, 0.1) is 19.6 Å². The van der Waals surface area contributed by atoms with E-state index in [0.717, 1.165) is 18.9 Å². The predicted octanol–water partition coefficient (Wildman–Crippen LogP) is 0.249. The molecule has 92 valence electrons. The molecule has 1 aromatic rings. The number of nitrogens with zero attached hydrogens (tertiary/aromatic N) is 3. The molecule has 0 bridgehead atoms. The Bertz CT molecular complexity index is 416. The minimum Gasteiger partial charge on any atom is -0.481 e. The Morgan fingerprint density at radius 1 is 1.53 bits per heavy atom. The van der Waals surface area contributed by atoms with Crippen molar-refractivity contribution in [3.05, 3.63) is 17.6 Å². The molecule has 0 spiro atoms. The molecule has 0 amide bonds. The summed E-state index contributed by atoms with van der Waals surface area (Å²) < 4.78 is 5.27. The summed E-state index contributed by atoms with van der Waals surface area (Å²) in [6.07, 6.45) is 1.55. The first-order valence-corrected chi connectivity index (χ1v) is 5.54. The van der Waals surface area contributed by atoms with Gasteiger partial charge >= 0.3 is 5.97 Å². The van der Waals surface area contributed by atoms with Gasteiger partial charge in [0.25, 0.3) is 0 Å². The predicted molar refractivity (Wildman–Crippen MR) is 61.1 cm³/mol. The zero-order chi connectivity index (χ0) is 12.3. The van der Waals surface area contributed by atoms with Crippen molar-refractivity contribution in [2.75, 3.05) is 31.2 Å². The summed E-state index contributed by atoms with van der Waals surface area (Å²) in [4.78, 5) is 21.2. The highest BCUT2D eigenvalue weighted by atomic mass is 16.5. The largest absolute Gasteiger partial charge is 0.481 e. The quantitative estimate of drug-likeness (QED) is 0.812. The molecule has 2 rings (SSSR count). The number of morpholine rings is 1. The Morgan fingerprint density at radius 2 is 2.24 bits per heavy atom. The van der Waals surface area contributed by atoms with Gasteiger partial charge in [-0.2, -0.15) is 0 Å². The highest BCUT2D eigenvalue weighted by Crippen LogP contribution is 2.19. The van der Waals surface area contributed by atoms with E-state index in [2.05, 4.69) is 14.9 Å². The summed E-state index contributed by atoms with van der Waals surface area (Å²) in [6, 6.07) is 0. The summed E-state index contributed by atoms with van der Waals surface area (Å²) in [6.45, 7) is 4.58. The van der Waals surface area contributed by atoms with Crippen LogP contribution in [-0.2, 0) is 16.0 Å². The number of hydrogen-bond donors (Lipinski definition) is 1. The Labute approximate surface area is 99.2 Å². The third-order valence-corrected chi connectivity index (χ3v) is 2.61. The topological polar surface area (TPSA) is 75.5 Å². The standard InChI is InChI=1S/C11H15N3O3/c1-8-12-7-9(6-10(15)16)11(13-8)14-2-4-17-5-3-14/h7H,2-6H2,1H3,(H,15,16). The molecule has 6 nitrogen and oxygen atoms in total. The van der Waals surface area contributed by atoms with Crippen molar-refractivity contribution in [1.82, 2.24) is 9.97 Å². The van der Waals surface area contributed by atoms with E-state index in [4.69, 9.17) is 9.84 Å². The Morgan fingerprint density at radius 3 is 2.88 bits per heavy atom. The van der Waals surface area contributed by atoms with Crippen LogP contribution in [0.3, 0.4) is 0 Å². The molecule has 0 atom stereocenters. The number of carboxylic acid groups (broad SMARTS) is 1. The van der Waals surface area contributed by atoms with Gasteiger partial charge in [-0.25, -0.2) is 9.97 Å². The number of carbonyl (C=O) groups is 1. The van der Waals surface area contributed by atoms with Gasteiger partial charge in [0.2, 0.25) is 0 Å². The zero-order valence-electron chi connectivity index (χ0n) is 9.72. The Balaban J connectivity index is 2.28. The van der Waals surface area contributed by atoms with Crippen LogP contribution in [0.5, 0.6) is 0 Å². The maximum Gasteiger partial charge on any atom is 0.308 e. The first-order valence-electron chi connectivity index (χ1n) is 5.54. The molecule has 0 saturated carbocycles. The maximum absolute atomic E-state index is 10.8. The first kappa shape index (κ1) is 11.8. The van der Waals surface area contributed by atoms with Gasteiger partial charge in [-0.15, -0.1) is 0 Å². The third kappa shape index (κ3) is 2.91. The third-order valence-electron chi connectivity index (χ3n) is 2.61. The lowest BCUT2D eigenvalue weighted by molar-refractivity contribution is -0.136. The van der Waals surface area contributed by atoms with E-state index in [9.17, 15) is 4.79 Å². The number of anilines is 1.